The van der Waals surface area contributed by atoms with Crippen LogP contribution in [0.1, 0.15) is 85.8 Å². The zero-order valence-corrected chi connectivity index (χ0v) is 47.1. The molecular weight excluding hydrogens is 993 g/mol. The Balaban J connectivity index is 0.926. The van der Waals surface area contributed by atoms with Gasteiger partial charge in [-0.25, -0.2) is 0 Å². The normalized spacial score (nSPS) is 13.5. The molecule has 0 saturated carbocycles. The molecule has 0 atom stereocenters. The van der Waals surface area contributed by atoms with E-state index in [-0.39, 0.29) is 0 Å². The summed E-state index contributed by atoms with van der Waals surface area (Å²) in [5.41, 5.74) is 23.2. The first kappa shape index (κ1) is 48.8. The van der Waals surface area contributed by atoms with E-state index in [1.165, 1.54) is 180 Å². The monoisotopic (exact) mass is 1060 g/mol. The van der Waals surface area contributed by atoms with Crippen molar-refractivity contribution in [2.45, 2.75) is 90.9 Å². The standard InChI is InChI=1S/C78H66N4/c1-3-15-51-29-37-57(38-30-51)79-71-25-11-9-23-63(71)65-45-41-59(49-75(65)79)81(69-27-13-19-53-17-5-7-21-61(53)69)73-47-35-55-34-44-68-74(48-36-56-33-43-67(73)77(55)78(56)68)82(70-28-14-20-54-18-6-8-22-62(54)70)60-42-46-66-64-24-10-12-26-72(64)80(76(66)50-60)58-39-31-52(16-4-2)32-40-58/h9-14,19-20,23-50H,3-8,15-18,21-22H2,1-2H3. The highest BCUT2D eigenvalue weighted by atomic mass is 15.2. The molecule has 0 radical (unpaired) electrons. The Kier molecular flexibility index (Phi) is 11.8. The summed E-state index contributed by atoms with van der Waals surface area (Å²) in [7, 11) is 0. The fourth-order valence-corrected chi connectivity index (χ4v) is 14.9. The molecule has 4 heteroatoms. The van der Waals surface area contributed by atoms with Crippen molar-refractivity contribution < 1.29 is 0 Å². The largest absolute Gasteiger partial charge is 0.310 e. The van der Waals surface area contributed by atoms with Crippen LogP contribution in [0, 0.1) is 0 Å². The second-order valence-corrected chi connectivity index (χ2v) is 23.4. The lowest BCUT2D eigenvalue weighted by Gasteiger charge is -2.33. The molecule has 0 aliphatic heterocycles. The van der Waals surface area contributed by atoms with Gasteiger partial charge in [-0.1, -0.05) is 160 Å². The number of anilines is 6. The molecule has 0 bridgehead atoms. The van der Waals surface area contributed by atoms with Crippen LogP contribution in [0.5, 0.6) is 0 Å². The van der Waals surface area contributed by atoms with Crippen LogP contribution in [0.3, 0.4) is 0 Å². The molecule has 2 aliphatic rings. The number of aromatic nitrogens is 2. The first-order chi connectivity index (χ1) is 40.6. The molecule has 0 saturated heterocycles. The van der Waals surface area contributed by atoms with E-state index in [2.05, 4.69) is 251 Å². The van der Waals surface area contributed by atoms with Gasteiger partial charge in [0, 0.05) is 66.4 Å². The van der Waals surface area contributed by atoms with Crippen molar-refractivity contribution in [3.8, 4) is 11.4 Å². The van der Waals surface area contributed by atoms with Crippen molar-refractivity contribution in [3.63, 3.8) is 0 Å². The van der Waals surface area contributed by atoms with Gasteiger partial charge in [-0.05, 0) is 204 Å². The van der Waals surface area contributed by atoms with Crippen LogP contribution in [0.4, 0.5) is 34.1 Å². The molecule has 0 fully saturated rings. The first-order valence-corrected chi connectivity index (χ1v) is 30.4. The number of rotatable bonds is 12. The van der Waals surface area contributed by atoms with E-state index in [1.54, 1.807) is 0 Å². The van der Waals surface area contributed by atoms with Crippen molar-refractivity contribution in [1.29, 1.82) is 0 Å². The number of aryl methyl sites for hydroxylation is 4. The molecule has 0 N–H and O–H groups in total. The van der Waals surface area contributed by atoms with Gasteiger partial charge in [0.25, 0.3) is 0 Å². The lowest BCUT2D eigenvalue weighted by atomic mass is 9.88. The third-order valence-electron chi connectivity index (χ3n) is 18.6. The van der Waals surface area contributed by atoms with E-state index in [0.717, 1.165) is 51.4 Å². The van der Waals surface area contributed by atoms with Crippen LogP contribution < -0.4 is 9.80 Å². The summed E-state index contributed by atoms with van der Waals surface area (Å²) in [5.74, 6) is 0. The van der Waals surface area contributed by atoms with E-state index in [4.69, 9.17) is 0 Å². The van der Waals surface area contributed by atoms with Gasteiger partial charge in [0.2, 0.25) is 0 Å². The number of fused-ring (bicyclic) bond motifs is 8. The quantitative estimate of drug-likeness (QED) is 0.113. The molecule has 82 heavy (non-hydrogen) atoms. The number of para-hydroxylation sites is 2. The summed E-state index contributed by atoms with van der Waals surface area (Å²) >= 11 is 0. The third-order valence-corrected chi connectivity index (χ3v) is 18.6. The topological polar surface area (TPSA) is 16.3 Å². The predicted octanol–water partition coefficient (Wildman–Crippen LogP) is 21.4. The highest BCUT2D eigenvalue weighted by molar-refractivity contribution is 6.28. The van der Waals surface area contributed by atoms with Crippen LogP contribution in [-0.4, -0.2) is 9.13 Å². The smallest absolute Gasteiger partial charge is 0.0561 e. The molecule has 16 rings (SSSR count). The van der Waals surface area contributed by atoms with Crippen LogP contribution >= 0.6 is 0 Å². The lowest BCUT2D eigenvalue weighted by molar-refractivity contribution is 0.686. The number of benzene rings is 12. The van der Waals surface area contributed by atoms with Crippen molar-refractivity contribution in [1.82, 2.24) is 9.13 Å². The van der Waals surface area contributed by atoms with Gasteiger partial charge < -0.3 is 18.9 Å². The lowest BCUT2D eigenvalue weighted by Crippen LogP contribution is -2.16. The van der Waals surface area contributed by atoms with Gasteiger partial charge in [0.15, 0.2) is 0 Å². The Bertz CT molecular complexity index is 4480. The van der Waals surface area contributed by atoms with Gasteiger partial charge in [0.1, 0.15) is 0 Å². The fraction of sp³-hybridized carbons (Fsp3) is 0.179. The molecule has 2 heterocycles. The van der Waals surface area contributed by atoms with Gasteiger partial charge in [-0.2, -0.15) is 0 Å². The molecule has 0 spiro atoms. The average Bonchev–Trinajstić information content (AvgIpc) is 4.14. The fourth-order valence-electron chi connectivity index (χ4n) is 14.9. The first-order valence-electron chi connectivity index (χ1n) is 30.4. The van der Waals surface area contributed by atoms with Gasteiger partial charge in [0.05, 0.1) is 33.4 Å². The zero-order chi connectivity index (χ0) is 54.4. The molecule has 2 aliphatic carbocycles. The summed E-state index contributed by atoms with van der Waals surface area (Å²) < 4.78 is 4.98. The van der Waals surface area contributed by atoms with E-state index < -0.39 is 0 Å². The molecule has 0 amide bonds. The molecule has 12 aromatic carbocycles. The minimum Gasteiger partial charge on any atom is -0.310 e. The molecule has 4 nitrogen and oxygen atoms in total. The highest BCUT2D eigenvalue weighted by Crippen LogP contribution is 2.51. The maximum atomic E-state index is 2.62. The Morgan fingerprint density at radius 3 is 1.18 bits per heavy atom. The molecule has 0 unspecified atom stereocenters. The number of nitrogens with zero attached hydrogens (tertiary/aromatic N) is 4. The number of hydrogen-bond acceptors (Lipinski definition) is 2. The summed E-state index contributed by atoms with van der Waals surface area (Å²) in [6, 6.07) is 84.3. The zero-order valence-electron chi connectivity index (χ0n) is 47.1. The summed E-state index contributed by atoms with van der Waals surface area (Å²) in [5, 5.41) is 12.7. The van der Waals surface area contributed by atoms with Crippen LogP contribution in [0.15, 0.2) is 218 Å². The molecule has 2 aromatic heterocycles. The Hall–Kier alpha value is -9.12. The van der Waals surface area contributed by atoms with Crippen molar-refractivity contribution in [3.05, 3.63) is 252 Å². The Morgan fingerprint density at radius 2 is 0.732 bits per heavy atom. The minimum absolute atomic E-state index is 1.07. The molecule has 398 valence electrons. The Morgan fingerprint density at radius 1 is 0.329 bits per heavy atom. The third kappa shape index (κ3) is 7.78. The van der Waals surface area contributed by atoms with E-state index in [0.29, 0.717) is 0 Å². The predicted molar refractivity (Wildman–Crippen MR) is 349 cm³/mol. The van der Waals surface area contributed by atoms with Gasteiger partial charge in [-0.3, -0.25) is 0 Å². The van der Waals surface area contributed by atoms with Crippen LogP contribution in [-0.2, 0) is 38.5 Å². The van der Waals surface area contributed by atoms with E-state index >= 15 is 0 Å². The molecular formula is C78H66N4. The van der Waals surface area contributed by atoms with E-state index in [1.807, 2.05) is 0 Å². The second-order valence-electron chi connectivity index (χ2n) is 23.4. The maximum absolute atomic E-state index is 2.62. The SMILES string of the molecule is CCCc1ccc(-n2c3ccccc3c3ccc(N(c4cccc5c4CCCC5)c4ccc5ccc6c(N(c7ccc8c9ccccc9n(-c9ccc(CCC)cc9)c8c7)c7cccc8c7CCCC8)ccc7ccc4c5c76)cc32)cc1. The molecule has 14 aromatic rings. The van der Waals surface area contributed by atoms with Crippen LogP contribution in [0.25, 0.3) is 87.3 Å². The van der Waals surface area contributed by atoms with Gasteiger partial charge >= 0.3 is 0 Å². The summed E-state index contributed by atoms with van der Waals surface area (Å²) in [6.45, 7) is 4.52. The van der Waals surface area contributed by atoms with Crippen molar-refractivity contribution >= 4 is 110 Å². The summed E-state index contributed by atoms with van der Waals surface area (Å²) in [6.07, 6.45) is 13.7. The van der Waals surface area contributed by atoms with Crippen LogP contribution in [0.2, 0.25) is 0 Å². The number of hydrogen-bond donors (Lipinski definition) is 0. The van der Waals surface area contributed by atoms with Gasteiger partial charge in [-0.15, -0.1) is 0 Å². The van der Waals surface area contributed by atoms with E-state index in [9.17, 15) is 0 Å². The maximum Gasteiger partial charge on any atom is 0.0561 e. The summed E-state index contributed by atoms with van der Waals surface area (Å²) in [4.78, 5) is 5.24. The van der Waals surface area contributed by atoms with Crippen molar-refractivity contribution in [2.75, 3.05) is 9.80 Å². The Labute approximate surface area is 480 Å². The average molecular weight is 1060 g/mol. The van der Waals surface area contributed by atoms with Crippen molar-refractivity contribution in [2.24, 2.45) is 0 Å². The second kappa shape index (κ2) is 19.8. The minimum atomic E-state index is 1.07. The highest BCUT2D eigenvalue weighted by Gasteiger charge is 2.28.